The van der Waals surface area contributed by atoms with Crippen LogP contribution in [0.1, 0.15) is 57.7 Å². The van der Waals surface area contributed by atoms with Crippen molar-refractivity contribution in [2.45, 2.75) is 77.2 Å². The third-order valence-electron chi connectivity index (χ3n) is 7.41. The Hall–Kier alpha value is -3.17. The highest BCUT2D eigenvalue weighted by molar-refractivity contribution is 5.68. The number of fused-ring (bicyclic) bond motifs is 1. The van der Waals surface area contributed by atoms with Crippen LogP contribution in [0.4, 0.5) is 9.59 Å². The number of aliphatic hydroxyl groups excluding tert-OH is 1. The summed E-state index contributed by atoms with van der Waals surface area (Å²) in [6, 6.07) is 14.5. The molecule has 9 nitrogen and oxygen atoms in total. The van der Waals surface area contributed by atoms with Gasteiger partial charge in [0.2, 0.25) is 0 Å². The number of carbonyl (C=O) groups excluding carboxylic acids is 2. The highest BCUT2D eigenvalue weighted by atomic mass is 16.6. The minimum atomic E-state index is -0.960. The Morgan fingerprint density at radius 1 is 1.05 bits per heavy atom. The number of aliphatic hydroxyl groups is 1. The molecular weight excluding hydrogens is 496 g/mol. The number of alkyl carbamates (subject to hydrolysis) is 1. The Balaban J connectivity index is 1.47. The Bertz CT molecular complexity index is 1060. The first-order chi connectivity index (χ1) is 18.7. The summed E-state index contributed by atoms with van der Waals surface area (Å²) >= 11 is 0. The standard InChI is InChI=1S/C30H42N4O5/c1-30(2,3)39-29(37)34-19-24-14-8-7-13-23(24)18-33(34)20-27(35)26(17-22-11-5-4-6-12-22)32-28(36)38-21-25-15-9-10-16-31-25/h4-6,9-12,15-16,23-24,26-27,35H,7-8,13-14,17-21H2,1-3H3,(H,32,36)/t23?,24?,26-,27?/m0/s1. The fourth-order valence-corrected chi connectivity index (χ4v) is 5.46. The summed E-state index contributed by atoms with van der Waals surface area (Å²) in [5.74, 6) is 0.896. The Morgan fingerprint density at radius 3 is 2.41 bits per heavy atom. The van der Waals surface area contributed by atoms with Gasteiger partial charge in [-0.15, -0.1) is 0 Å². The van der Waals surface area contributed by atoms with Crippen LogP contribution in [0, 0.1) is 11.8 Å². The lowest BCUT2D eigenvalue weighted by molar-refractivity contribution is -0.118. The van der Waals surface area contributed by atoms with Gasteiger partial charge >= 0.3 is 12.2 Å². The topological polar surface area (TPSA) is 104 Å². The van der Waals surface area contributed by atoms with Gasteiger partial charge in [-0.05, 0) is 69.6 Å². The first kappa shape index (κ1) is 28.8. The maximum absolute atomic E-state index is 13.2. The summed E-state index contributed by atoms with van der Waals surface area (Å²) in [5, 5.41) is 17.9. The average Bonchev–Trinajstić information content (AvgIpc) is 2.91. The molecule has 2 aliphatic rings. The van der Waals surface area contributed by atoms with Crippen molar-refractivity contribution in [1.29, 1.82) is 0 Å². The normalized spacial score (nSPS) is 21.4. The molecule has 1 saturated heterocycles. The predicted octanol–water partition coefficient (Wildman–Crippen LogP) is 4.55. The fourth-order valence-electron chi connectivity index (χ4n) is 5.46. The van der Waals surface area contributed by atoms with Crippen molar-refractivity contribution in [3.63, 3.8) is 0 Å². The number of carbonyl (C=O) groups is 2. The summed E-state index contributed by atoms with van der Waals surface area (Å²) < 4.78 is 11.1. The molecule has 2 amide bonds. The number of nitrogens with one attached hydrogen (secondary N) is 1. The second kappa shape index (κ2) is 13.3. The molecule has 2 fully saturated rings. The number of hydrogen-bond acceptors (Lipinski definition) is 7. The van der Waals surface area contributed by atoms with E-state index in [2.05, 4.69) is 10.3 Å². The van der Waals surface area contributed by atoms with Gasteiger partial charge < -0.3 is 19.9 Å². The lowest BCUT2D eigenvalue weighted by Crippen LogP contribution is -2.61. The summed E-state index contributed by atoms with van der Waals surface area (Å²) in [6.07, 6.45) is 4.64. The average molecular weight is 539 g/mol. The molecule has 2 heterocycles. The van der Waals surface area contributed by atoms with Crippen LogP contribution in [0.3, 0.4) is 0 Å². The zero-order chi connectivity index (χ0) is 27.8. The fraction of sp³-hybridized carbons (Fsp3) is 0.567. The summed E-state index contributed by atoms with van der Waals surface area (Å²) in [7, 11) is 0. The number of benzene rings is 1. The van der Waals surface area contributed by atoms with Gasteiger partial charge in [0.25, 0.3) is 0 Å². The van der Waals surface area contributed by atoms with Gasteiger partial charge in [-0.2, -0.15) is 0 Å². The smallest absolute Gasteiger partial charge is 0.424 e. The molecule has 1 saturated carbocycles. The molecule has 1 aromatic carbocycles. The van der Waals surface area contributed by atoms with Gasteiger partial charge in [0.15, 0.2) is 0 Å². The van der Waals surface area contributed by atoms with Crippen molar-refractivity contribution in [1.82, 2.24) is 20.3 Å². The van der Waals surface area contributed by atoms with Gasteiger partial charge in [0.05, 0.1) is 17.8 Å². The molecular formula is C30H42N4O5. The quantitative estimate of drug-likeness (QED) is 0.508. The summed E-state index contributed by atoms with van der Waals surface area (Å²) in [5.41, 5.74) is 0.984. The second-order valence-electron chi connectivity index (χ2n) is 11.6. The molecule has 39 heavy (non-hydrogen) atoms. The third kappa shape index (κ3) is 8.66. The van der Waals surface area contributed by atoms with Crippen molar-refractivity contribution < 1.29 is 24.2 Å². The maximum atomic E-state index is 13.2. The number of rotatable bonds is 8. The van der Waals surface area contributed by atoms with Crippen molar-refractivity contribution in [3.05, 3.63) is 66.0 Å². The molecule has 1 aliphatic carbocycles. The minimum Gasteiger partial charge on any atom is -0.443 e. The van der Waals surface area contributed by atoms with Crippen LogP contribution in [0.25, 0.3) is 0 Å². The number of ether oxygens (including phenoxy) is 2. The predicted molar refractivity (Wildman–Crippen MR) is 147 cm³/mol. The zero-order valence-electron chi connectivity index (χ0n) is 23.3. The van der Waals surface area contributed by atoms with Crippen LogP contribution >= 0.6 is 0 Å². The Morgan fingerprint density at radius 2 is 1.74 bits per heavy atom. The van der Waals surface area contributed by atoms with Crippen LogP contribution < -0.4 is 5.32 Å². The van der Waals surface area contributed by atoms with Gasteiger partial charge in [0, 0.05) is 25.8 Å². The molecule has 3 unspecified atom stereocenters. The summed E-state index contributed by atoms with van der Waals surface area (Å²) in [4.78, 5) is 30.2. The maximum Gasteiger partial charge on any atom is 0.424 e. The van der Waals surface area contributed by atoms with E-state index in [0.717, 1.165) is 18.4 Å². The van der Waals surface area contributed by atoms with Gasteiger partial charge in [-0.1, -0.05) is 49.2 Å². The molecule has 0 spiro atoms. The highest BCUT2D eigenvalue weighted by Crippen LogP contribution is 2.36. The number of amides is 2. The van der Waals surface area contributed by atoms with E-state index < -0.39 is 29.9 Å². The second-order valence-corrected chi connectivity index (χ2v) is 11.6. The number of hydrogen-bond donors (Lipinski definition) is 2. The van der Waals surface area contributed by atoms with E-state index in [0.29, 0.717) is 37.0 Å². The highest BCUT2D eigenvalue weighted by Gasteiger charge is 2.40. The molecule has 2 aromatic rings. The number of nitrogens with zero attached hydrogens (tertiary/aromatic N) is 3. The number of aromatic nitrogens is 1. The van der Waals surface area contributed by atoms with Gasteiger partial charge in [-0.3, -0.25) is 4.98 Å². The molecule has 1 aliphatic heterocycles. The van der Waals surface area contributed by atoms with E-state index in [1.54, 1.807) is 23.3 Å². The first-order valence-electron chi connectivity index (χ1n) is 14.0. The van der Waals surface area contributed by atoms with E-state index >= 15 is 0 Å². The van der Waals surface area contributed by atoms with Crippen LogP contribution in [0.15, 0.2) is 54.7 Å². The molecule has 0 radical (unpaired) electrons. The van der Waals surface area contributed by atoms with Gasteiger partial charge in [-0.25, -0.2) is 19.6 Å². The Kier molecular flexibility index (Phi) is 9.80. The molecule has 2 N–H and O–H groups in total. The molecule has 212 valence electrons. The van der Waals surface area contributed by atoms with Crippen molar-refractivity contribution in [3.8, 4) is 0 Å². The monoisotopic (exact) mass is 538 g/mol. The van der Waals surface area contributed by atoms with Gasteiger partial charge in [0.1, 0.15) is 12.2 Å². The van der Waals surface area contributed by atoms with E-state index in [-0.39, 0.29) is 13.2 Å². The molecule has 9 heteroatoms. The van der Waals surface area contributed by atoms with E-state index in [1.807, 2.05) is 62.2 Å². The molecule has 1 aromatic heterocycles. The lowest BCUT2D eigenvalue weighted by atomic mass is 9.77. The summed E-state index contributed by atoms with van der Waals surface area (Å²) in [6.45, 7) is 7.02. The van der Waals surface area contributed by atoms with E-state index in [1.165, 1.54) is 12.8 Å². The van der Waals surface area contributed by atoms with Crippen LogP contribution in [-0.2, 0) is 22.5 Å². The van der Waals surface area contributed by atoms with Crippen LogP contribution in [-0.4, -0.2) is 69.7 Å². The first-order valence-corrected chi connectivity index (χ1v) is 14.0. The van der Waals surface area contributed by atoms with E-state index in [4.69, 9.17) is 9.47 Å². The number of pyridine rings is 1. The largest absolute Gasteiger partial charge is 0.443 e. The van der Waals surface area contributed by atoms with Crippen molar-refractivity contribution in [2.24, 2.45) is 11.8 Å². The Labute approximate surface area is 231 Å². The molecule has 0 bridgehead atoms. The lowest BCUT2D eigenvalue weighted by Gasteiger charge is -2.48. The minimum absolute atomic E-state index is 0.0302. The van der Waals surface area contributed by atoms with Crippen LogP contribution in [0.2, 0.25) is 0 Å². The van der Waals surface area contributed by atoms with Crippen molar-refractivity contribution >= 4 is 12.2 Å². The third-order valence-corrected chi connectivity index (χ3v) is 7.41. The van der Waals surface area contributed by atoms with Crippen molar-refractivity contribution in [2.75, 3.05) is 19.6 Å². The number of β-amino-alcohol motifs (C(OH)–C–C–N with tert-alkyl or cyclic N) is 1. The van der Waals surface area contributed by atoms with E-state index in [9.17, 15) is 14.7 Å². The van der Waals surface area contributed by atoms with Crippen LogP contribution in [0.5, 0.6) is 0 Å². The molecule has 4 atom stereocenters. The zero-order valence-corrected chi connectivity index (χ0v) is 23.3. The number of hydrazine groups is 1. The SMILES string of the molecule is CC(C)(C)OC(=O)N1CC2CCCCC2CN1CC(O)[C@H](Cc1ccccc1)NC(=O)OCc1ccccn1. The molecule has 4 rings (SSSR count).